The molecule has 11 heteroatoms. The van der Waals surface area contributed by atoms with Crippen molar-refractivity contribution in [1.82, 2.24) is 30.4 Å². The average molecular weight is 717 g/mol. The van der Waals surface area contributed by atoms with Crippen LogP contribution >= 0.6 is 11.6 Å². The van der Waals surface area contributed by atoms with Crippen molar-refractivity contribution in [2.75, 3.05) is 54.2 Å². The standard InChI is InChI=1S/C41H49ClN10/c1-25(43-5)13-15-30-20-31-21-32(16-18-37(31)50(6)28(30)4)47-40-35(42)23-45-41(48-40)52-19-9-10-29(24-52)22-44-36-12-8-11-34-38(49-51(7)39(34)36)33-17-14-26(2)46-27(33)3/h8,11-12,16,18,20-21,23,29,33,43-44,46H,1-4,9-10,13-15,17,19,22,24H2,5-7H3,(H,45,47,48). The van der Waals surface area contributed by atoms with E-state index in [2.05, 4.69) is 112 Å². The maximum atomic E-state index is 6.67. The number of allylic oxidation sites excluding steroid dienone is 4. The number of nitrogens with zero attached hydrogens (tertiary/aromatic N) is 6. The monoisotopic (exact) mass is 716 g/mol. The van der Waals surface area contributed by atoms with Crippen molar-refractivity contribution in [1.29, 1.82) is 0 Å². The lowest BCUT2D eigenvalue weighted by molar-refractivity contribution is 0.428. The van der Waals surface area contributed by atoms with Crippen molar-refractivity contribution < 1.29 is 0 Å². The molecule has 0 bridgehead atoms. The molecule has 2 unspecified atom stereocenters. The van der Waals surface area contributed by atoms with Gasteiger partial charge in [-0.05, 0) is 80.4 Å². The van der Waals surface area contributed by atoms with Gasteiger partial charge in [0.2, 0.25) is 5.95 Å². The van der Waals surface area contributed by atoms with Crippen LogP contribution in [0.15, 0.2) is 97.3 Å². The van der Waals surface area contributed by atoms with Crippen LogP contribution in [-0.4, -0.2) is 53.5 Å². The molecule has 7 rings (SSSR count). The molecule has 2 fully saturated rings. The molecule has 52 heavy (non-hydrogen) atoms. The van der Waals surface area contributed by atoms with Gasteiger partial charge in [0, 0.05) is 91.8 Å². The Hall–Kier alpha value is -5.22. The summed E-state index contributed by atoms with van der Waals surface area (Å²) < 4.78 is 2.00. The van der Waals surface area contributed by atoms with Crippen LogP contribution in [0.25, 0.3) is 17.0 Å². The maximum Gasteiger partial charge on any atom is 0.227 e. The number of piperidine rings is 2. The fraction of sp³-hybridized carbons (Fsp3) is 0.341. The smallest absolute Gasteiger partial charge is 0.227 e. The van der Waals surface area contributed by atoms with E-state index in [1.54, 1.807) is 6.20 Å². The number of likely N-dealkylation sites (N-methyl/N-ethyl adjacent to an activating group) is 1. The van der Waals surface area contributed by atoms with Crippen molar-refractivity contribution >= 4 is 57.4 Å². The second kappa shape index (κ2) is 14.8. The molecule has 0 radical (unpaired) electrons. The van der Waals surface area contributed by atoms with Crippen LogP contribution in [0.4, 0.5) is 28.8 Å². The number of hydrogen-bond donors (Lipinski definition) is 4. The lowest BCUT2D eigenvalue weighted by Crippen LogP contribution is -2.39. The molecule has 0 spiro atoms. The summed E-state index contributed by atoms with van der Waals surface area (Å²) in [6, 6.07) is 12.7. The van der Waals surface area contributed by atoms with Crippen molar-refractivity contribution in [3.63, 3.8) is 0 Å². The Morgan fingerprint density at radius 1 is 1.12 bits per heavy atom. The minimum Gasteiger partial charge on any atom is -0.392 e. The van der Waals surface area contributed by atoms with Gasteiger partial charge in [-0.3, -0.25) is 4.68 Å². The van der Waals surface area contributed by atoms with E-state index in [0.29, 0.717) is 22.7 Å². The van der Waals surface area contributed by atoms with E-state index in [-0.39, 0.29) is 5.92 Å². The quantitative estimate of drug-likeness (QED) is 0.122. The summed E-state index contributed by atoms with van der Waals surface area (Å²) in [5.74, 6) is 1.85. The van der Waals surface area contributed by atoms with Gasteiger partial charge >= 0.3 is 0 Å². The third-order valence-corrected chi connectivity index (χ3v) is 10.9. The first-order valence-corrected chi connectivity index (χ1v) is 18.5. The van der Waals surface area contributed by atoms with Gasteiger partial charge in [0.15, 0.2) is 5.82 Å². The first-order valence-electron chi connectivity index (χ1n) is 18.1. The van der Waals surface area contributed by atoms with E-state index in [9.17, 15) is 0 Å². The van der Waals surface area contributed by atoms with Gasteiger partial charge in [-0.15, -0.1) is 0 Å². The molecule has 0 amide bonds. The highest BCUT2D eigenvalue weighted by atomic mass is 35.5. The number of anilines is 5. The highest BCUT2D eigenvalue weighted by Crippen LogP contribution is 2.39. The average Bonchev–Trinajstić information content (AvgIpc) is 3.48. The summed E-state index contributed by atoms with van der Waals surface area (Å²) in [7, 11) is 5.99. The Kier molecular flexibility index (Phi) is 10.0. The summed E-state index contributed by atoms with van der Waals surface area (Å²) in [5, 5.41) is 20.4. The molecule has 2 saturated heterocycles. The third-order valence-electron chi connectivity index (χ3n) is 10.6. The van der Waals surface area contributed by atoms with E-state index >= 15 is 0 Å². The van der Waals surface area contributed by atoms with Crippen LogP contribution in [0.1, 0.15) is 55.7 Å². The minimum absolute atomic E-state index is 0.161. The molecule has 2 aromatic carbocycles. The Bertz CT molecular complexity index is 2090. The number of benzene rings is 2. The normalized spacial score (nSPS) is 18.9. The number of halogens is 1. The number of para-hydroxylation sites is 1. The number of rotatable bonds is 11. The fourth-order valence-electron chi connectivity index (χ4n) is 7.65. The van der Waals surface area contributed by atoms with Crippen molar-refractivity contribution in [3.8, 4) is 0 Å². The molecule has 4 N–H and O–H groups in total. The zero-order valence-corrected chi connectivity index (χ0v) is 31.3. The molecule has 5 heterocycles. The van der Waals surface area contributed by atoms with Crippen LogP contribution < -0.4 is 31.1 Å². The van der Waals surface area contributed by atoms with Crippen molar-refractivity contribution in [3.05, 3.63) is 114 Å². The minimum atomic E-state index is 0.161. The second-order valence-electron chi connectivity index (χ2n) is 14.2. The number of aromatic nitrogens is 4. The maximum absolute atomic E-state index is 6.67. The zero-order valence-electron chi connectivity index (χ0n) is 30.5. The lowest BCUT2D eigenvalue weighted by Gasteiger charge is -2.33. The molecule has 3 aliphatic rings. The van der Waals surface area contributed by atoms with E-state index in [4.69, 9.17) is 21.7 Å². The summed E-state index contributed by atoms with van der Waals surface area (Å²) in [4.78, 5) is 14.0. The Morgan fingerprint density at radius 2 is 1.96 bits per heavy atom. The number of aryl methyl sites for hydroxylation is 1. The molecule has 270 valence electrons. The summed E-state index contributed by atoms with van der Waals surface area (Å²) >= 11 is 6.67. The highest BCUT2D eigenvalue weighted by Gasteiger charge is 2.27. The van der Waals surface area contributed by atoms with Gasteiger partial charge in [0.05, 0.1) is 23.1 Å². The Morgan fingerprint density at radius 3 is 2.77 bits per heavy atom. The van der Waals surface area contributed by atoms with Crippen LogP contribution in [-0.2, 0) is 7.05 Å². The molecular formula is C41H49ClN10. The molecule has 2 atom stereocenters. The number of hydrogen-bond acceptors (Lipinski definition) is 9. The molecule has 4 aromatic rings. The first kappa shape index (κ1) is 35.2. The third kappa shape index (κ3) is 7.12. The molecular weight excluding hydrogens is 668 g/mol. The lowest BCUT2D eigenvalue weighted by atomic mass is 9.90. The van der Waals surface area contributed by atoms with Crippen LogP contribution in [0.5, 0.6) is 0 Å². The van der Waals surface area contributed by atoms with Crippen LogP contribution in [0, 0.1) is 5.92 Å². The second-order valence-corrected chi connectivity index (χ2v) is 14.6. The van der Waals surface area contributed by atoms with Gasteiger partial charge in [-0.2, -0.15) is 10.1 Å². The summed E-state index contributed by atoms with van der Waals surface area (Å²) in [6.07, 6.45) is 9.70. The first-order chi connectivity index (χ1) is 25.1. The SMILES string of the molecule is C=C(CCC1=Cc2cc(Nc3nc(N4CCCC(CNc5cccc6c(C7CCC(=C)NC7=C)nn(C)c56)C4)ncc3Cl)ccc2N(C)C1=C)NC. The Balaban J connectivity index is 1.03. The van der Waals surface area contributed by atoms with Gasteiger partial charge in [0.25, 0.3) is 0 Å². The number of nitrogens with one attached hydrogen (secondary N) is 4. The van der Waals surface area contributed by atoms with Gasteiger partial charge in [-0.1, -0.05) is 50.0 Å². The molecule has 0 aliphatic carbocycles. The van der Waals surface area contributed by atoms with E-state index < -0.39 is 0 Å². The van der Waals surface area contributed by atoms with Crippen molar-refractivity contribution in [2.45, 2.75) is 44.4 Å². The van der Waals surface area contributed by atoms with E-state index in [1.165, 1.54) is 5.57 Å². The molecule has 3 aliphatic heterocycles. The fourth-order valence-corrected chi connectivity index (χ4v) is 7.79. The number of fused-ring (bicyclic) bond motifs is 2. The summed E-state index contributed by atoms with van der Waals surface area (Å²) in [6.45, 7) is 19.4. The molecule has 2 aromatic heterocycles. The molecule has 0 saturated carbocycles. The predicted molar refractivity (Wildman–Crippen MR) is 217 cm³/mol. The largest absolute Gasteiger partial charge is 0.392 e. The summed E-state index contributed by atoms with van der Waals surface area (Å²) in [5.41, 5.74) is 11.6. The van der Waals surface area contributed by atoms with Gasteiger partial charge in [-0.25, -0.2) is 4.98 Å². The molecule has 10 nitrogen and oxygen atoms in total. The van der Waals surface area contributed by atoms with Crippen LogP contribution in [0.2, 0.25) is 5.02 Å². The van der Waals surface area contributed by atoms with E-state index in [1.807, 2.05) is 18.8 Å². The Labute approximate surface area is 312 Å². The van der Waals surface area contributed by atoms with Gasteiger partial charge < -0.3 is 31.1 Å². The topological polar surface area (TPSA) is 98.2 Å². The van der Waals surface area contributed by atoms with Crippen molar-refractivity contribution in [2.24, 2.45) is 13.0 Å². The van der Waals surface area contributed by atoms with Crippen LogP contribution in [0.3, 0.4) is 0 Å². The highest BCUT2D eigenvalue weighted by molar-refractivity contribution is 6.32. The predicted octanol–water partition coefficient (Wildman–Crippen LogP) is 8.44. The zero-order chi connectivity index (χ0) is 36.5. The van der Waals surface area contributed by atoms with Gasteiger partial charge in [0.1, 0.15) is 5.02 Å². The van der Waals surface area contributed by atoms with E-state index in [0.717, 1.165) is 120 Å².